The quantitative estimate of drug-likeness (QED) is 0.239. The normalized spacial score (nSPS) is 11.1. The second kappa shape index (κ2) is 18.6. The van der Waals surface area contributed by atoms with Crippen molar-refractivity contribution in [2.24, 2.45) is 0 Å². The molecule has 0 unspecified atom stereocenters. The number of carbonyl (C=O) groups is 1. The number of amides is 1. The van der Waals surface area contributed by atoms with E-state index >= 15 is 0 Å². The predicted molar refractivity (Wildman–Crippen MR) is 101 cm³/mol. The Morgan fingerprint density at radius 3 is 2.17 bits per heavy atom. The number of allylic oxidation sites excluding steroid dienone is 4. The topological polar surface area (TPSA) is 29.1 Å². The van der Waals surface area contributed by atoms with Crippen molar-refractivity contribution < 1.29 is 4.79 Å². The lowest BCUT2D eigenvalue weighted by Gasteiger charge is -2.01. The van der Waals surface area contributed by atoms with Crippen LogP contribution in [0.2, 0.25) is 0 Å². The molecule has 0 heterocycles. The third-order valence-corrected chi connectivity index (χ3v) is 3.74. The Morgan fingerprint density at radius 2 is 1.52 bits per heavy atom. The van der Waals surface area contributed by atoms with Gasteiger partial charge < -0.3 is 5.32 Å². The van der Waals surface area contributed by atoms with Crippen molar-refractivity contribution in [2.45, 2.75) is 84.0 Å². The molecule has 0 fully saturated rings. The van der Waals surface area contributed by atoms with Crippen LogP contribution >= 0.6 is 0 Å². The lowest BCUT2D eigenvalue weighted by atomic mass is 10.1. The molecule has 130 valence electrons. The molecule has 0 spiro atoms. The molecule has 0 aromatic heterocycles. The van der Waals surface area contributed by atoms with E-state index in [4.69, 9.17) is 6.42 Å². The molecule has 0 aliphatic carbocycles. The highest BCUT2D eigenvalue weighted by Gasteiger charge is 1.98. The van der Waals surface area contributed by atoms with Crippen molar-refractivity contribution >= 4 is 5.91 Å². The fourth-order valence-electron chi connectivity index (χ4n) is 2.33. The van der Waals surface area contributed by atoms with E-state index < -0.39 is 0 Å². The van der Waals surface area contributed by atoms with Gasteiger partial charge >= 0.3 is 0 Å². The van der Waals surface area contributed by atoms with Crippen LogP contribution in [0.25, 0.3) is 0 Å². The zero-order valence-corrected chi connectivity index (χ0v) is 15.0. The molecule has 1 N–H and O–H groups in total. The third-order valence-electron chi connectivity index (χ3n) is 3.74. The number of hydrogen-bond donors (Lipinski definition) is 1. The lowest BCUT2D eigenvalue weighted by molar-refractivity contribution is -0.120. The fraction of sp³-hybridized carbons (Fsp3) is 0.667. The number of rotatable bonds is 15. The zero-order valence-electron chi connectivity index (χ0n) is 15.0. The van der Waals surface area contributed by atoms with Gasteiger partial charge in [0, 0.05) is 6.42 Å². The summed E-state index contributed by atoms with van der Waals surface area (Å²) in [7, 11) is 0. The van der Waals surface area contributed by atoms with Gasteiger partial charge in [-0.25, -0.2) is 0 Å². The number of nitrogens with one attached hydrogen (secondary N) is 1. The number of terminal acetylenes is 1. The Balaban J connectivity index is 3.25. The van der Waals surface area contributed by atoms with Crippen molar-refractivity contribution in [1.82, 2.24) is 5.32 Å². The molecule has 0 rings (SSSR count). The minimum Gasteiger partial charge on any atom is -0.345 e. The van der Waals surface area contributed by atoms with Crippen LogP contribution in [0.3, 0.4) is 0 Å². The Bertz CT molecular complexity index is 363. The zero-order chi connectivity index (χ0) is 17.0. The van der Waals surface area contributed by atoms with Crippen LogP contribution in [0.5, 0.6) is 0 Å². The summed E-state index contributed by atoms with van der Waals surface area (Å²) in [6.07, 6.45) is 28.1. The van der Waals surface area contributed by atoms with Crippen molar-refractivity contribution in [3.8, 4) is 12.3 Å². The maximum Gasteiger partial charge on any atom is 0.220 e. The summed E-state index contributed by atoms with van der Waals surface area (Å²) in [6.45, 7) is 2.59. The van der Waals surface area contributed by atoms with Gasteiger partial charge in [-0.15, -0.1) is 6.42 Å². The highest BCUT2D eigenvalue weighted by molar-refractivity contribution is 5.76. The molecule has 0 aromatic rings. The van der Waals surface area contributed by atoms with Gasteiger partial charge in [-0.05, 0) is 38.5 Å². The molecule has 0 saturated carbocycles. The van der Waals surface area contributed by atoms with Crippen LogP contribution in [-0.2, 0) is 4.79 Å². The van der Waals surface area contributed by atoms with Gasteiger partial charge in [0.15, 0.2) is 0 Å². The molecule has 2 nitrogen and oxygen atoms in total. The Labute approximate surface area is 143 Å². The predicted octanol–water partition coefficient (Wildman–Crippen LogP) is 5.55. The average molecular weight is 318 g/mol. The van der Waals surface area contributed by atoms with E-state index in [9.17, 15) is 4.79 Å². The van der Waals surface area contributed by atoms with Gasteiger partial charge in [-0.1, -0.05) is 69.3 Å². The summed E-state index contributed by atoms with van der Waals surface area (Å²) in [5, 5.41) is 2.69. The van der Waals surface area contributed by atoms with Crippen molar-refractivity contribution in [3.05, 3.63) is 24.3 Å². The highest BCUT2D eigenvalue weighted by Crippen LogP contribution is 2.08. The maximum absolute atomic E-state index is 11.3. The summed E-state index contributed by atoms with van der Waals surface area (Å²) in [4.78, 5) is 11.3. The fourth-order valence-corrected chi connectivity index (χ4v) is 2.33. The molecule has 2 heteroatoms. The molecular formula is C21H35NO. The molecule has 0 bridgehead atoms. The Morgan fingerprint density at radius 1 is 0.913 bits per heavy atom. The van der Waals surface area contributed by atoms with Crippen LogP contribution in [0, 0.1) is 12.3 Å². The van der Waals surface area contributed by atoms with Crippen molar-refractivity contribution in [1.29, 1.82) is 0 Å². The molecule has 0 aliphatic rings. The van der Waals surface area contributed by atoms with Crippen molar-refractivity contribution in [2.75, 3.05) is 6.54 Å². The summed E-state index contributed by atoms with van der Waals surface area (Å²) in [6, 6.07) is 0. The van der Waals surface area contributed by atoms with E-state index in [1.165, 1.54) is 51.4 Å². The molecule has 23 heavy (non-hydrogen) atoms. The molecule has 0 atom stereocenters. The summed E-state index contributed by atoms with van der Waals surface area (Å²) in [5.41, 5.74) is 0. The Kier molecular flexibility index (Phi) is 17.4. The number of hydrogen-bond acceptors (Lipinski definition) is 1. The summed E-state index contributed by atoms with van der Waals surface area (Å²) >= 11 is 0. The van der Waals surface area contributed by atoms with E-state index in [-0.39, 0.29) is 5.91 Å². The van der Waals surface area contributed by atoms with Gasteiger partial charge in [0.1, 0.15) is 0 Å². The summed E-state index contributed by atoms with van der Waals surface area (Å²) < 4.78 is 0. The van der Waals surface area contributed by atoms with Crippen LogP contribution < -0.4 is 5.32 Å². The first-order valence-electron chi connectivity index (χ1n) is 9.31. The van der Waals surface area contributed by atoms with E-state index in [2.05, 4.69) is 42.5 Å². The first-order chi connectivity index (χ1) is 11.3. The second-order valence-electron chi connectivity index (χ2n) is 5.96. The van der Waals surface area contributed by atoms with Gasteiger partial charge in [-0.2, -0.15) is 0 Å². The largest absolute Gasteiger partial charge is 0.345 e. The minimum absolute atomic E-state index is 0.0774. The van der Waals surface area contributed by atoms with E-state index in [0.717, 1.165) is 19.3 Å². The summed E-state index contributed by atoms with van der Waals surface area (Å²) in [5.74, 6) is 2.49. The molecule has 0 aromatic carbocycles. The van der Waals surface area contributed by atoms with Crippen LogP contribution in [0.4, 0.5) is 0 Å². The lowest BCUT2D eigenvalue weighted by Crippen LogP contribution is -2.22. The maximum atomic E-state index is 11.3. The Hall–Kier alpha value is -1.49. The first kappa shape index (κ1) is 21.5. The molecular weight excluding hydrogens is 282 g/mol. The molecule has 0 saturated heterocycles. The van der Waals surface area contributed by atoms with Gasteiger partial charge in [-0.3, -0.25) is 4.79 Å². The standard InChI is InChI=1S/C21H35NO/c1-3-5-6-7-8-9-10-11-12-13-14-15-16-17-18-19-21(23)22-20-4-2/h2,8-9,11-12H,3,5-7,10,13-20H2,1H3,(H,22,23)/b9-8-,12-11-. The second-order valence-corrected chi connectivity index (χ2v) is 5.96. The highest BCUT2D eigenvalue weighted by atomic mass is 16.1. The minimum atomic E-state index is 0.0774. The number of unbranched alkanes of at least 4 members (excludes halogenated alkanes) is 8. The van der Waals surface area contributed by atoms with Gasteiger partial charge in [0.05, 0.1) is 6.54 Å². The molecule has 1 amide bonds. The molecule has 0 radical (unpaired) electrons. The third kappa shape index (κ3) is 18.5. The number of carbonyl (C=O) groups excluding carboxylic acids is 1. The van der Waals surface area contributed by atoms with Crippen LogP contribution in [0.15, 0.2) is 24.3 Å². The van der Waals surface area contributed by atoms with E-state index in [1.807, 2.05) is 0 Å². The van der Waals surface area contributed by atoms with Crippen LogP contribution in [0.1, 0.15) is 84.0 Å². The SMILES string of the molecule is C#CCNC(=O)CCCCCCC/C=C\C/C=C\CCCCC. The average Bonchev–Trinajstić information content (AvgIpc) is 2.56. The van der Waals surface area contributed by atoms with Gasteiger partial charge in [0.2, 0.25) is 5.91 Å². The molecule has 0 aliphatic heterocycles. The van der Waals surface area contributed by atoms with Gasteiger partial charge in [0.25, 0.3) is 0 Å². The van der Waals surface area contributed by atoms with E-state index in [1.54, 1.807) is 0 Å². The monoisotopic (exact) mass is 317 g/mol. The van der Waals surface area contributed by atoms with E-state index in [0.29, 0.717) is 13.0 Å². The smallest absolute Gasteiger partial charge is 0.220 e. The van der Waals surface area contributed by atoms with Crippen molar-refractivity contribution in [3.63, 3.8) is 0 Å². The van der Waals surface area contributed by atoms with Crippen LogP contribution in [-0.4, -0.2) is 12.5 Å². The first-order valence-corrected chi connectivity index (χ1v) is 9.31.